The number of rotatable bonds is 3. The SMILES string of the molecule is C=Cc1cc(Cl)cc(Oc2cnc(C(F)(F)F)nc2)c1. The van der Waals surface area contributed by atoms with E-state index in [0.717, 1.165) is 18.0 Å². The summed E-state index contributed by atoms with van der Waals surface area (Å²) in [6.45, 7) is 3.59. The molecule has 2 rings (SSSR count). The molecule has 7 heteroatoms. The number of halogens is 4. The first-order valence-corrected chi connectivity index (χ1v) is 5.76. The van der Waals surface area contributed by atoms with Gasteiger partial charge in [-0.05, 0) is 23.8 Å². The Labute approximate surface area is 117 Å². The molecule has 0 atom stereocenters. The fraction of sp³-hybridized carbons (Fsp3) is 0.0769. The second-order valence-electron chi connectivity index (χ2n) is 3.77. The Morgan fingerprint density at radius 3 is 2.30 bits per heavy atom. The summed E-state index contributed by atoms with van der Waals surface area (Å²) in [6, 6.07) is 4.83. The van der Waals surface area contributed by atoms with Gasteiger partial charge in [0.15, 0.2) is 5.75 Å². The quantitative estimate of drug-likeness (QED) is 0.832. The molecular weight excluding hydrogens is 293 g/mol. The molecule has 3 nitrogen and oxygen atoms in total. The van der Waals surface area contributed by atoms with Crippen LogP contribution in [0.25, 0.3) is 6.08 Å². The standard InChI is InChI=1S/C13H8ClF3N2O/c1-2-8-3-9(14)5-10(4-8)20-11-6-18-12(19-7-11)13(15,16)17/h2-7H,1H2. The van der Waals surface area contributed by atoms with Crippen LogP contribution in [0.1, 0.15) is 11.4 Å². The molecule has 1 aromatic carbocycles. The molecule has 0 saturated heterocycles. The molecule has 0 fully saturated rings. The van der Waals surface area contributed by atoms with E-state index in [1.807, 2.05) is 0 Å². The molecule has 0 aliphatic carbocycles. The Morgan fingerprint density at radius 1 is 1.10 bits per heavy atom. The van der Waals surface area contributed by atoms with Crippen LogP contribution in [0, 0.1) is 0 Å². The molecule has 104 valence electrons. The van der Waals surface area contributed by atoms with Gasteiger partial charge in [0.25, 0.3) is 0 Å². The molecular formula is C13H8ClF3N2O. The highest BCUT2D eigenvalue weighted by atomic mass is 35.5. The fourth-order valence-electron chi connectivity index (χ4n) is 1.41. The predicted molar refractivity (Wildman–Crippen MR) is 68.7 cm³/mol. The number of nitrogens with zero attached hydrogens (tertiary/aromatic N) is 2. The van der Waals surface area contributed by atoms with Crippen LogP contribution in [0.4, 0.5) is 13.2 Å². The number of alkyl halides is 3. The van der Waals surface area contributed by atoms with Crippen molar-refractivity contribution in [2.24, 2.45) is 0 Å². The number of aromatic nitrogens is 2. The third kappa shape index (κ3) is 3.48. The molecule has 0 unspecified atom stereocenters. The lowest BCUT2D eigenvalue weighted by Gasteiger charge is -2.08. The van der Waals surface area contributed by atoms with E-state index in [2.05, 4.69) is 16.5 Å². The van der Waals surface area contributed by atoms with E-state index in [4.69, 9.17) is 16.3 Å². The van der Waals surface area contributed by atoms with Crippen LogP contribution in [0.5, 0.6) is 11.5 Å². The van der Waals surface area contributed by atoms with Crippen molar-refractivity contribution >= 4 is 17.7 Å². The molecule has 20 heavy (non-hydrogen) atoms. The molecule has 0 aliphatic rings. The maximum absolute atomic E-state index is 12.3. The van der Waals surface area contributed by atoms with Gasteiger partial charge in [-0.15, -0.1) is 0 Å². The van der Waals surface area contributed by atoms with Gasteiger partial charge in [-0.25, -0.2) is 9.97 Å². The Kier molecular flexibility index (Phi) is 3.94. The van der Waals surface area contributed by atoms with Gasteiger partial charge >= 0.3 is 6.18 Å². The molecule has 0 amide bonds. The second kappa shape index (κ2) is 5.50. The first-order chi connectivity index (χ1) is 9.38. The number of hydrogen-bond acceptors (Lipinski definition) is 3. The van der Waals surface area contributed by atoms with E-state index in [0.29, 0.717) is 10.8 Å². The Bertz CT molecular complexity index is 627. The van der Waals surface area contributed by atoms with Crippen LogP contribution in [0.15, 0.2) is 37.2 Å². The van der Waals surface area contributed by atoms with E-state index in [9.17, 15) is 13.2 Å². The normalized spacial score (nSPS) is 11.2. The van der Waals surface area contributed by atoms with Crippen molar-refractivity contribution in [3.05, 3.63) is 53.6 Å². The highest BCUT2D eigenvalue weighted by Gasteiger charge is 2.34. The summed E-state index contributed by atoms with van der Waals surface area (Å²) in [5.41, 5.74) is 0.723. The smallest absolute Gasteiger partial charge is 0.451 e. The van der Waals surface area contributed by atoms with Crippen molar-refractivity contribution in [3.8, 4) is 11.5 Å². The molecule has 0 spiro atoms. The Hall–Kier alpha value is -2.08. The van der Waals surface area contributed by atoms with Crippen molar-refractivity contribution in [1.29, 1.82) is 0 Å². The molecule has 0 aliphatic heterocycles. The van der Waals surface area contributed by atoms with E-state index < -0.39 is 12.0 Å². The molecule has 0 radical (unpaired) electrons. The number of hydrogen-bond donors (Lipinski definition) is 0. The van der Waals surface area contributed by atoms with Crippen molar-refractivity contribution in [3.63, 3.8) is 0 Å². The van der Waals surface area contributed by atoms with Gasteiger partial charge < -0.3 is 4.74 Å². The fourth-order valence-corrected chi connectivity index (χ4v) is 1.65. The maximum atomic E-state index is 12.3. The minimum atomic E-state index is -4.58. The van der Waals surface area contributed by atoms with Crippen molar-refractivity contribution in [2.45, 2.75) is 6.18 Å². The zero-order chi connectivity index (χ0) is 14.8. The van der Waals surface area contributed by atoms with Crippen LogP contribution in [-0.2, 0) is 6.18 Å². The molecule has 2 aromatic rings. The highest BCUT2D eigenvalue weighted by molar-refractivity contribution is 6.30. The average Bonchev–Trinajstić information content (AvgIpc) is 2.37. The summed E-state index contributed by atoms with van der Waals surface area (Å²) in [5, 5.41) is 0.422. The van der Waals surface area contributed by atoms with Gasteiger partial charge in [0.05, 0.1) is 12.4 Å². The van der Waals surface area contributed by atoms with Crippen LogP contribution in [-0.4, -0.2) is 9.97 Å². The minimum absolute atomic E-state index is 0.0790. The van der Waals surface area contributed by atoms with Crippen LogP contribution < -0.4 is 4.74 Å². The second-order valence-corrected chi connectivity index (χ2v) is 4.20. The van der Waals surface area contributed by atoms with Crippen molar-refractivity contribution < 1.29 is 17.9 Å². The van der Waals surface area contributed by atoms with Crippen LogP contribution >= 0.6 is 11.6 Å². The third-order valence-electron chi connectivity index (χ3n) is 2.25. The average molecular weight is 301 g/mol. The molecule has 0 N–H and O–H groups in total. The lowest BCUT2D eigenvalue weighted by atomic mass is 10.2. The lowest BCUT2D eigenvalue weighted by Crippen LogP contribution is -2.10. The van der Waals surface area contributed by atoms with Crippen molar-refractivity contribution in [2.75, 3.05) is 0 Å². The molecule has 1 heterocycles. The zero-order valence-corrected chi connectivity index (χ0v) is 10.7. The lowest BCUT2D eigenvalue weighted by molar-refractivity contribution is -0.145. The molecule has 1 aromatic heterocycles. The monoisotopic (exact) mass is 300 g/mol. The third-order valence-corrected chi connectivity index (χ3v) is 2.46. The summed E-state index contributed by atoms with van der Waals surface area (Å²) in [5.74, 6) is -0.784. The predicted octanol–water partition coefficient (Wildman–Crippen LogP) is 4.58. The first-order valence-electron chi connectivity index (χ1n) is 5.38. The summed E-state index contributed by atoms with van der Waals surface area (Å²) >= 11 is 5.87. The van der Waals surface area contributed by atoms with Gasteiger partial charge in [0.1, 0.15) is 5.75 Å². The van der Waals surface area contributed by atoms with Gasteiger partial charge in [0.2, 0.25) is 5.82 Å². The highest BCUT2D eigenvalue weighted by Crippen LogP contribution is 2.29. The summed E-state index contributed by atoms with van der Waals surface area (Å²) in [7, 11) is 0. The van der Waals surface area contributed by atoms with E-state index in [1.165, 1.54) is 6.07 Å². The Balaban J connectivity index is 2.22. The minimum Gasteiger partial charge on any atom is -0.454 e. The molecule has 0 saturated carbocycles. The van der Waals surface area contributed by atoms with Crippen molar-refractivity contribution in [1.82, 2.24) is 9.97 Å². The number of ether oxygens (including phenoxy) is 1. The van der Waals surface area contributed by atoms with E-state index in [1.54, 1.807) is 18.2 Å². The summed E-state index contributed by atoms with van der Waals surface area (Å²) in [6.07, 6.45) is -1.11. The van der Waals surface area contributed by atoms with Crippen LogP contribution in [0.2, 0.25) is 5.02 Å². The summed E-state index contributed by atoms with van der Waals surface area (Å²) in [4.78, 5) is 6.39. The summed E-state index contributed by atoms with van der Waals surface area (Å²) < 4.78 is 42.3. The first kappa shape index (κ1) is 14.3. The zero-order valence-electron chi connectivity index (χ0n) is 9.99. The number of benzene rings is 1. The van der Waals surface area contributed by atoms with Gasteiger partial charge in [-0.1, -0.05) is 24.3 Å². The van der Waals surface area contributed by atoms with Gasteiger partial charge in [0, 0.05) is 5.02 Å². The van der Waals surface area contributed by atoms with E-state index in [-0.39, 0.29) is 5.75 Å². The van der Waals surface area contributed by atoms with Gasteiger partial charge in [-0.2, -0.15) is 13.2 Å². The largest absolute Gasteiger partial charge is 0.454 e. The van der Waals surface area contributed by atoms with Crippen LogP contribution in [0.3, 0.4) is 0 Å². The topological polar surface area (TPSA) is 35.0 Å². The van der Waals surface area contributed by atoms with E-state index >= 15 is 0 Å². The van der Waals surface area contributed by atoms with Gasteiger partial charge in [-0.3, -0.25) is 0 Å². The molecule has 0 bridgehead atoms. The maximum Gasteiger partial charge on any atom is 0.451 e. The Morgan fingerprint density at radius 2 is 1.75 bits per heavy atom.